The normalized spacial score (nSPS) is 21.2. The van der Waals surface area contributed by atoms with Crippen molar-refractivity contribution in [2.45, 2.75) is 75.2 Å². The lowest BCUT2D eigenvalue weighted by atomic mass is 9.99. The number of rotatable bonds is 12. The van der Waals surface area contributed by atoms with Crippen molar-refractivity contribution in [3.63, 3.8) is 0 Å². The van der Waals surface area contributed by atoms with Crippen molar-refractivity contribution in [3.8, 4) is 0 Å². The Labute approximate surface area is 373 Å². The Kier molecular flexibility index (Phi) is 15.8. The van der Waals surface area contributed by atoms with E-state index in [0.29, 0.717) is 37.8 Å². The fourth-order valence-electron chi connectivity index (χ4n) is 8.80. The van der Waals surface area contributed by atoms with Gasteiger partial charge in [-0.05, 0) is 75.2 Å². The van der Waals surface area contributed by atoms with Crippen LogP contribution in [0.4, 0.5) is 37.7 Å². The standard InChI is InChI=1S/C40H54Cl2F6N8O6S/c1-51-11-15-53(16-12-51)27-3-7-55(8-4-27)37(57)33(23-25-19-29(39(43,44)45)35(49)31(41)21-25)61-63(59,60)62-34(24-26-20-30(40(46,47)48)36(50)32(42)22-26)38(58)56-9-5-28(6-10-56)54-17-13-52(2)14-18-54/h19-22,27-28,33-34H,3-18,23-24,49-50H2,1-2H3/t33-,34-/m1/s1. The molecule has 0 bridgehead atoms. The van der Waals surface area contributed by atoms with E-state index < -0.39 is 92.2 Å². The van der Waals surface area contributed by atoms with E-state index in [9.17, 15) is 44.3 Å². The first-order valence-corrected chi connectivity index (χ1v) is 22.9. The molecule has 4 saturated heterocycles. The number of anilines is 2. The molecule has 0 aliphatic carbocycles. The van der Waals surface area contributed by atoms with Crippen LogP contribution in [-0.2, 0) is 53.5 Å². The Bertz CT molecular complexity index is 1920. The molecule has 2 aromatic carbocycles. The van der Waals surface area contributed by atoms with Gasteiger partial charge in [-0.25, -0.2) is 8.37 Å². The number of carbonyl (C=O) groups is 2. The molecule has 6 rings (SSSR count). The Balaban J connectivity index is 1.26. The van der Waals surface area contributed by atoms with Gasteiger partial charge in [0, 0.05) is 103 Å². The zero-order valence-electron chi connectivity index (χ0n) is 35.1. The van der Waals surface area contributed by atoms with Crippen LogP contribution in [0, 0.1) is 0 Å². The van der Waals surface area contributed by atoms with Gasteiger partial charge in [0.2, 0.25) is 0 Å². The van der Waals surface area contributed by atoms with Crippen molar-refractivity contribution in [2.75, 3.05) is 104 Å². The summed E-state index contributed by atoms with van der Waals surface area (Å²) in [7, 11) is -1.40. The van der Waals surface area contributed by atoms with E-state index in [2.05, 4.69) is 19.6 Å². The van der Waals surface area contributed by atoms with Crippen LogP contribution in [0.5, 0.6) is 0 Å². The molecule has 2 atom stereocenters. The quantitative estimate of drug-likeness (QED) is 0.228. The first-order chi connectivity index (χ1) is 29.5. The van der Waals surface area contributed by atoms with Gasteiger partial charge < -0.3 is 31.1 Å². The van der Waals surface area contributed by atoms with Gasteiger partial charge in [0.15, 0.2) is 12.2 Å². The summed E-state index contributed by atoms with van der Waals surface area (Å²) in [6, 6.07) is 3.67. The number of amides is 2. The molecule has 4 fully saturated rings. The van der Waals surface area contributed by atoms with Gasteiger partial charge >= 0.3 is 22.8 Å². The number of halogens is 8. The van der Waals surface area contributed by atoms with Crippen LogP contribution in [0.25, 0.3) is 0 Å². The number of likely N-dealkylation sites (tertiary alicyclic amines) is 2. The number of hydrogen-bond acceptors (Lipinski definition) is 12. The maximum Gasteiger partial charge on any atom is 0.418 e. The second kappa shape index (κ2) is 20.2. The Hall–Kier alpha value is -3.15. The van der Waals surface area contributed by atoms with Crippen molar-refractivity contribution >= 4 is 56.8 Å². The number of piperidine rings is 2. The highest BCUT2D eigenvalue weighted by Gasteiger charge is 2.41. The van der Waals surface area contributed by atoms with Crippen LogP contribution in [-0.4, -0.2) is 167 Å². The Morgan fingerprint density at radius 1 is 0.619 bits per heavy atom. The second-order valence-electron chi connectivity index (χ2n) is 16.9. The molecular formula is C40H54Cl2F6N8O6S. The van der Waals surface area contributed by atoms with Gasteiger partial charge in [0.25, 0.3) is 11.8 Å². The van der Waals surface area contributed by atoms with Crippen LogP contribution in [0.2, 0.25) is 10.0 Å². The van der Waals surface area contributed by atoms with Crippen molar-refractivity contribution in [1.82, 2.24) is 29.4 Å². The number of nitrogens with two attached hydrogens (primary N) is 2. The zero-order chi connectivity index (χ0) is 46.0. The van der Waals surface area contributed by atoms with E-state index in [0.717, 1.165) is 64.5 Å². The summed E-state index contributed by atoms with van der Waals surface area (Å²) < 4.78 is 123. The van der Waals surface area contributed by atoms with Gasteiger partial charge in [-0.2, -0.15) is 34.8 Å². The highest BCUT2D eigenvalue weighted by molar-refractivity contribution is 7.82. The van der Waals surface area contributed by atoms with E-state index in [4.69, 9.17) is 43.0 Å². The zero-order valence-corrected chi connectivity index (χ0v) is 37.4. The lowest BCUT2D eigenvalue weighted by molar-refractivity contribution is -0.142. The third-order valence-electron chi connectivity index (χ3n) is 12.5. The molecule has 4 aliphatic rings. The van der Waals surface area contributed by atoms with Crippen molar-refractivity contribution in [2.24, 2.45) is 0 Å². The first-order valence-electron chi connectivity index (χ1n) is 20.8. The van der Waals surface area contributed by atoms with Crippen molar-refractivity contribution in [3.05, 3.63) is 56.6 Å². The van der Waals surface area contributed by atoms with Gasteiger partial charge in [-0.1, -0.05) is 23.2 Å². The number of benzene rings is 2. The minimum absolute atomic E-state index is 0.137. The maximum absolute atomic E-state index is 14.2. The van der Waals surface area contributed by atoms with Crippen LogP contribution < -0.4 is 11.5 Å². The first kappa shape index (κ1) is 49.3. The fraction of sp³-hybridized carbons (Fsp3) is 0.650. The second-order valence-corrected chi connectivity index (χ2v) is 18.9. The summed E-state index contributed by atoms with van der Waals surface area (Å²) in [6.45, 7) is 7.47. The molecular weight excluding hydrogens is 905 g/mol. The number of hydrogen-bond donors (Lipinski definition) is 2. The molecule has 0 spiro atoms. The van der Waals surface area contributed by atoms with Gasteiger partial charge in [-0.3, -0.25) is 19.4 Å². The summed E-state index contributed by atoms with van der Waals surface area (Å²) in [5.74, 6) is -1.76. The van der Waals surface area contributed by atoms with Crippen molar-refractivity contribution in [1.29, 1.82) is 0 Å². The Morgan fingerprint density at radius 3 is 1.24 bits per heavy atom. The predicted octanol–water partition coefficient (Wildman–Crippen LogP) is 4.47. The number of alkyl halides is 6. The molecule has 4 heterocycles. The number of nitrogen functional groups attached to an aromatic ring is 2. The van der Waals surface area contributed by atoms with Crippen LogP contribution in [0.3, 0.4) is 0 Å². The van der Waals surface area contributed by atoms with Gasteiger partial charge in [0.05, 0.1) is 32.5 Å². The average Bonchev–Trinajstić information content (AvgIpc) is 3.22. The van der Waals surface area contributed by atoms with Crippen LogP contribution >= 0.6 is 23.2 Å². The summed E-state index contributed by atoms with van der Waals surface area (Å²) in [5, 5.41) is -0.999. The molecule has 63 heavy (non-hydrogen) atoms. The predicted molar refractivity (Wildman–Crippen MR) is 225 cm³/mol. The van der Waals surface area contributed by atoms with Crippen LogP contribution in [0.1, 0.15) is 47.9 Å². The molecule has 4 aliphatic heterocycles. The minimum Gasteiger partial charge on any atom is -0.397 e. The van der Waals surface area contributed by atoms with Gasteiger partial charge in [-0.15, -0.1) is 0 Å². The molecule has 4 N–H and O–H groups in total. The molecule has 2 aromatic rings. The molecule has 0 unspecified atom stereocenters. The summed E-state index contributed by atoms with van der Waals surface area (Å²) >= 11 is 12.2. The molecule has 352 valence electrons. The lowest BCUT2D eigenvalue weighted by Crippen LogP contribution is -2.54. The number of likely N-dealkylation sites (N-methyl/N-ethyl adjacent to an activating group) is 2. The monoisotopic (exact) mass is 958 g/mol. The fourth-order valence-corrected chi connectivity index (χ4v) is 10.2. The molecule has 2 amide bonds. The highest BCUT2D eigenvalue weighted by atomic mass is 35.5. The van der Waals surface area contributed by atoms with Gasteiger partial charge in [0.1, 0.15) is 0 Å². The summed E-state index contributed by atoms with van der Waals surface area (Å²) in [5.41, 5.74) is 6.62. The third kappa shape index (κ3) is 12.6. The Morgan fingerprint density at radius 2 is 0.937 bits per heavy atom. The number of carbonyl (C=O) groups excluding carboxylic acids is 2. The third-order valence-corrected chi connectivity index (χ3v) is 14.1. The molecule has 0 radical (unpaired) electrons. The topological polar surface area (TPSA) is 158 Å². The van der Waals surface area contributed by atoms with E-state index in [1.807, 2.05) is 14.1 Å². The molecule has 14 nitrogen and oxygen atoms in total. The van der Waals surface area contributed by atoms with E-state index in [1.165, 1.54) is 9.80 Å². The SMILES string of the molecule is CN1CCN(C2CCN(C(=O)[C@@H](Cc3cc(Cl)c(N)c(C(F)(F)F)c3)OS(=O)(=O)O[C@H](Cc3cc(Cl)c(N)c(C(F)(F)F)c3)C(=O)N3CCC(N4CCN(C)CC4)CC3)CC2)CC1. The molecule has 23 heteroatoms. The molecule has 0 aromatic heterocycles. The van der Waals surface area contributed by atoms with E-state index >= 15 is 0 Å². The largest absolute Gasteiger partial charge is 0.418 e. The van der Waals surface area contributed by atoms with Crippen LogP contribution in [0.15, 0.2) is 24.3 Å². The summed E-state index contributed by atoms with van der Waals surface area (Å²) in [6.07, 6.45) is -13.3. The number of piperazine rings is 2. The summed E-state index contributed by atoms with van der Waals surface area (Å²) in [4.78, 5) is 40.3. The lowest BCUT2D eigenvalue weighted by Gasteiger charge is -2.42. The average molecular weight is 960 g/mol. The van der Waals surface area contributed by atoms with E-state index in [-0.39, 0.29) is 49.4 Å². The van der Waals surface area contributed by atoms with Crippen molar-refractivity contribution < 1.29 is 52.7 Å². The number of nitrogens with zero attached hydrogens (tertiary/aromatic N) is 6. The highest BCUT2D eigenvalue weighted by Crippen LogP contribution is 2.40. The smallest absolute Gasteiger partial charge is 0.397 e. The maximum atomic E-state index is 14.2. The molecule has 0 saturated carbocycles. The van der Waals surface area contributed by atoms with E-state index in [1.54, 1.807) is 0 Å². The minimum atomic E-state index is -5.45.